The summed E-state index contributed by atoms with van der Waals surface area (Å²) < 4.78 is 5.55. The molecule has 1 atom stereocenters. The Hall–Kier alpha value is -2.34. The number of carbonyl (C=O) groups excluding carboxylic acids is 1. The van der Waals surface area contributed by atoms with Crippen molar-refractivity contribution in [1.29, 1.82) is 0 Å². The SMILES string of the molecule is Cc1[nH]ncc1C(=O)NC[C@@H](O)c1ccc(OC(C)C)cc1. The number of carbonyl (C=O) groups is 1. The van der Waals surface area contributed by atoms with Gasteiger partial charge < -0.3 is 15.2 Å². The minimum Gasteiger partial charge on any atom is -0.491 e. The summed E-state index contributed by atoms with van der Waals surface area (Å²) in [4.78, 5) is 11.9. The zero-order valence-corrected chi connectivity index (χ0v) is 13.0. The average molecular weight is 303 g/mol. The van der Waals surface area contributed by atoms with Crippen molar-refractivity contribution in [2.75, 3.05) is 6.54 Å². The van der Waals surface area contributed by atoms with Gasteiger partial charge in [0.25, 0.3) is 5.91 Å². The van der Waals surface area contributed by atoms with E-state index in [1.165, 1.54) is 6.20 Å². The topological polar surface area (TPSA) is 87.2 Å². The zero-order chi connectivity index (χ0) is 16.1. The number of amides is 1. The summed E-state index contributed by atoms with van der Waals surface area (Å²) in [5.41, 5.74) is 1.90. The molecule has 118 valence electrons. The van der Waals surface area contributed by atoms with Gasteiger partial charge >= 0.3 is 0 Å². The average Bonchev–Trinajstić information content (AvgIpc) is 2.91. The maximum absolute atomic E-state index is 11.9. The van der Waals surface area contributed by atoms with Crippen LogP contribution in [0, 0.1) is 6.92 Å². The highest BCUT2D eigenvalue weighted by Crippen LogP contribution is 2.18. The van der Waals surface area contributed by atoms with Crippen molar-refractivity contribution in [1.82, 2.24) is 15.5 Å². The number of aliphatic hydroxyl groups excluding tert-OH is 1. The molecule has 0 radical (unpaired) electrons. The van der Waals surface area contributed by atoms with Crippen LogP contribution in [0.4, 0.5) is 0 Å². The van der Waals surface area contributed by atoms with E-state index in [0.717, 1.165) is 11.3 Å². The van der Waals surface area contributed by atoms with E-state index in [4.69, 9.17) is 4.74 Å². The fourth-order valence-electron chi connectivity index (χ4n) is 2.02. The van der Waals surface area contributed by atoms with Crippen LogP contribution in [0.25, 0.3) is 0 Å². The normalized spacial score (nSPS) is 12.2. The summed E-state index contributed by atoms with van der Waals surface area (Å²) >= 11 is 0. The fraction of sp³-hybridized carbons (Fsp3) is 0.375. The number of aromatic nitrogens is 2. The summed E-state index contributed by atoms with van der Waals surface area (Å²) in [6, 6.07) is 7.19. The molecule has 1 aromatic heterocycles. The molecule has 0 fully saturated rings. The van der Waals surface area contributed by atoms with Gasteiger partial charge in [-0.1, -0.05) is 12.1 Å². The molecule has 1 heterocycles. The van der Waals surface area contributed by atoms with Crippen molar-refractivity contribution in [3.63, 3.8) is 0 Å². The summed E-state index contributed by atoms with van der Waals surface area (Å²) in [6.07, 6.45) is 0.798. The number of hydrogen-bond donors (Lipinski definition) is 3. The quantitative estimate of drug-likeness (QED) is 0.761. The van der Waals surface area contributed by atoms with E-state index >= 15 is 0 Å². The van der Waals surface area contributed by atoms with Gasteiger partial charge in [0.1, 0.15) is 5.75 Å². The maximum atomic E-state index is 11.9. The summed E-state index contributed by atoms with van der Waals surface area (Å²) in [5.74, 6) is 0.495. The van der Waals surface area contributed by atoms with E-state index in [0.29, 0.717) is 11.3 Å². The van der Waals surface area contributed by atoms with E-state index < -0.39 is 6.10 Å². The molecule has 0 saturated carbocycles. The van der Waals surface area contributed by atoms with E-state index in [9.17, 15) is 9.90 Å². The largest absolute Gasteiger partial charge is 0.491 e. The van der Waals surface area contributed by atoms with Crippen molar-refractivity contribution in [3.8, 4) is 5.75 Å². The zero-order valence-electron chi connectivity index (χ0n) is 13.0. The van der Waals surface area contributed by atoms with E-state index in [1.54, 1.807) is 31.2 Å². The molecule has 0 spiro atoms. The number of nitrogens with one attached hydrogen (secondary N) is 2. The molecule has 22 heavy (non-hydrogen) atoms. The van der Waals surface area contributed by atoms with Crippen LogP contribution in [0.5, 0.6) is 5.75 Å². The molecule has 2 aromatic rings. The van der Waals surface area contributed by atoms with Crippen LogP contribution in [0.1, 0.15) is 41.6 Å². The number of rotatable bonds is 6. The second-order valence-electron chi connectivity index (χ2n) is 5.37. The van der Waals surface area contributed by atoms with Crippen molar-refractivity contribution < 1.29 is 14.6 Å². The first-order valence-electron chi connectivity index (χ1n) is 7.20. The lowest BCUT2D eigenvalue weighted by Gasteiger charge is -2.14. The maximum Gasteiger partial charge on any atom is 0.254 e. The van der Waals surface area contributed by atoms with Crippen molar-refractivity contribution >= 4 is 5.91 Å². The van der Waals surface area contributed by atoms with Crippen molar-refractivity contribution in [2.24, 2.45) is 0 Å². The van der Waals surface area contributed by atoms with Gasteiger partial charge in [-0.05, 0) is 38.5 Å². The Kier molecular flexibility index (Phi) is 5.16. The van der Waals surface area contributed by atoms with Crippen LogP contribution >= 0.6 is 0 Å². The predicted octanol–water partition coefficient (Wildman–Crippen LogP) is 1.97. The molecule has 6 heteroatoms. The standard InChI is InChI=1S/C16H21N3O3/c1-10(2)22-13-6-4-12(5-7-13)15(20)9-17-16(21)14-8-18-19-11(14)3/h4-8,10,15,20H,9H2,1-3H3,(H,17,21)(H,18,19)/t15-/m1/s1. The molecular formula is C16H21N3O3. The number of H-pyrrole nitrogens is 1. The molecular weight excluding hydrogens is 282 g/mol. The van der Waals surface area contributed by atoms with Crippen LogP contribution < -0.4 is 10.1 Å². The van der Waals surface area contributed by atoms with E-state index in [2.05, 4.69) is 15.5 Å². The highest BCUT2D eigenvalue weighted by molar-refractivity contribution is 5.94. The Morgan fingerprint density at radius 2 is 2.05 bits per heavy atom. The smallest absolute Gasteiger partial charge is 0.254 e. The van der Waals surface area contributed by atoms with Gasteiger partial charge in [0.2, 0.25) is 0 Å². The Morgan fingerprint density at radius 3 is 2.59 bits per heavy atom. The second kappa shape index (κ2) is 7.09. The first-order valence-corrected chi connectivity index (χ1v) is 7.20. The highest BCUT2D eigenvalue weighted by Gasteiger charge is 2.13. The minimum absolute atomic E-state index is 0.105. The van der Waals surface area contributed by atoms with Gasteiger partial charge in [0.05, 0.1) is 24.0 Å². The first-order chi connectivity index (χ1) is 10.5. The third-order valence-corrected chi connectivity index (χ3v) is 3.17. The van der Waals surface area contributed by atoms with E-state index in [1.807, 2.05) is 13.8 Å². The number of nitrogens with zero attached hydrogens (tertiary/aromatic N) is 1. The number of ether oxygens (including phenoxy) is 1. The van der Waals surface area contributed by atoms with E-state index in [-0.39, 0.29) is 18.6 Å². The van der Waals surface area contributed by atoms with Gasteiger partial charge in [0.15, 0.2) is 0 Å². The van der Waals surface area contributed by atoms with Crippen LogP contribution in [0.3, 0.4) is 0 Å². The van der Waals surface area contributed by atoms with Crippen molar-refractivity contribution in [2.45, 2.75) is 33.0 Å². The predicted molar refractivity (Wildman–Crippen MR) is 82.8 cm³/mol. The molecule has 0 aliphatic carbocycles. The Labute approximate surface area is 129 Å². The molecule has 0 unspecified atom stereocenters. The Bertz CT molecular complexity index is 620. The molecule has 0 aliphatic heterocycles. The van der Waals surface area contributed by atoms with Crippen LogP contribution in [0.2, 0.25) is 0 Å². The Morgan fingerprint density at radius 1 is 1.36 bits per heavy atom. The monoisotopic (exact) mass is 303 g/mol. The summed E-state index contributed by atoms with van der Waals surface area (Å²) in [7, 11) is 0. The lowest BCUT2D eigenvalue weighted by Crippen LogP contribution is -2.28. The molecule has 2 rings (SSSR count). The molecule has 0 saturated heterocycles. The fourth-order valence-corrected chi connectivity index (χ4v) is 2.02. The molecule has 6 nitrogen and oxygen atoms in total. The van der Waals surface area contributed by atoms with Gasteiger partial charge in [-0.15, -0.1) is 0 Å². The molecule has 0 bridgehead atoms. The molecule has 0 aliphatic rings. The van der Waals surface area contributed by atoms with Gasteiger partial charge in [-0.2, -0.15) is 5.10 Å². The lowest BCUT2D eigenvalue weighted by molar-refractivity contribution is 0.0915. The van der Waals surface area contributed by atoms with Crippen LogP contribution in [-0.2, 0) is 0 Å². The van der Waals surface area contributed by atoms with Crippen LogP contribution in [0.15, 0.2) is 30.5 Å². The molecule has 1 amide bonds. The number of aromatic amines is 1. The van der Waals surface area contributed by atoms with Crippen molar-refractivity contribution in [3.05, 3.63) is 47.3 Å². The van der Waals surface area contributed by atoms with Crippen LogP contribution in [-0.4, -0.2) is 33.9 Å². The lowest BCUT2D eigenvalue weighted by atomic mass is 10.1. The second-order valence-corrected chi connectivity index (χ2v) is 5.37. The number of aryl methyl sites for hydroxylation is 1. The Balaban J connectivity index is 1.90. The number of hydrogen-bond acceptors (Lipinski definition) is 4. The third-order valence-electron chi connectivity index (χ3n) is 3.17. The molecule has 1 aromatic carbocycles. The third kappa shape index (κ3) is 4.08. The number of aliphatic hydroxyl groups is 1. The van der Waals surface area contributed by atoms with Gasteiger partial charge in [-0.25, -0.2) is 0 Å². The summed E-state index contributed by atoms with van der Waals surface area (Å²) in [5, 5.41) is 19.3. The van der Waals surface area contributed by atoms with Gasteiger partial charge in [-0.3, -0.25) is 9.89 Å². The molecule has 3 N–H and O–H groups in total. The first kappa shape index (κ1) is 16.0. The summed E-state index contributed by atoms with van der Waals surface area (Å²) in [6.45, 7) is 5.81. The minimum atomic E-state index is -0.774. The highest BCUT2D eigenvalue weighted by atomic mass is 16.5. The number of benzene rings is 1. The van der Waals surface area contributed by atoms with Gasteiger partial charge in [0, 0.05) is 12.2 Å².